The predicted octanol–water partition coefficient (Wildman–Crippen LogP) is 3.70. The van der Waals surface area contributed by atoms with E-state index in [9.17, 15) is 8.42 Å². The monoisotopic (exact) mass is 348 g/mol. The normalized spacial score (nSPS) is 11.4. The summed E-state index contributed by atoms with van der Waals surface area (Å²) in [6.07, 6.45) is 1.48. The number of hydrogen-bond donors (Lipinski definition) is 1. The number of halogens is 1. The number of fused-ring (bicyclic) bond motifs is 1. The van der Waals surface area contributed by atoms with E-state index in [4.69, 9.17) is 16.3 Å². The predicted molar refractivity (Wildman–Crippen MR) is 90.6 cm³/mol. The largest absolute Gasteiger partial charge is 0.495 e. The van der Waals surface area contributed by atoms with Crippen LogP contribution in [0.25, 0.3) is 10.9 Å². The van der Waals surface area contributed by atoms with E-state index in [-0.39, 0.29) is 4.90 Å². The maximum atomic E-state index is 12.5. The Bertz CT molecular complexity index is 974. The van der Waals surface area contributed by atoms with Crippen LogP contribution in [0.15, 0.2) is 59.6 Å². The van der Waals surface area contributed by atoms with E-state index in [2.05, 4.69) is 9.71 Å². The van der Waals surface area contributed by atoms with Crippen molar-refractivity contribution in [1.29, 1.82) is 0 Å². The molecule has 5 nitrogen and oxygen atoms in total. The van der Waals surface area contributed by atoms with Crippen LogP contribution >= 0.6 is 11.6 Å². The highest BCUT2D eigenvalue weighted by atomic mass is 35.5. The van der Waals surface area contributed by atoms with Crippen molar-refractivity contribution in [2.75, 3.05) is 11.8 Å². The van der Waals surface area contributed by atoms with Gasteiger partial charge in [-0.25, -0.2) is 8.42 Å². The van der Waals surface area contributed by atoms with Crippen molar-refractivity contribution in [1.82, 2.24) is 4.98 Å². The van der Waals surface area contributed by atoms with Gasteiger partial charge in [0.15, 0.2) is 0 Å². The molecule has 0 fully saturated rings. The minimum atomic E-state index is -3.76. The van der Waals surface area contributed by atoms with Gasteiger partial charge in [0.1, 0.15) is 5.75 Å². The van der Waals surface area contributed by atoms with Gasteiger partial charge in [-0.05, 0) is 24.3 Å². The molecule has 1 N–H and O–H groups in total. The fraction of sp³-hybridized carbons (Fsp3) is 0.0625. The lowest BCUT2D eigenvalue weighted by molar-refractivity contribution is 0.413. The SMILES string of the molecule is COc1cc(S(=O)(=O)Nc2cnc3ccccc3c2)ccc1Cl. The van der Waals surface area contributed by atoms with Gasteiger partial charge in [-0.1, -0.05) is 29.8 Å². The minimum Gasteiger partial charge on any atom is -0.495 e. The Balaban J connectivity index is 1.96. The van der Waals surface area contributed by atoms with E-state index >= 15 is 0 Å². The third-order valence-corrected chi connectivity index (χ3v) is 4.97. The molecule has 7 heteroatoms. The second-order valence-corrected chi connectivity index (χ2v) is 6.91. The molecule has 118 valence electrons. The third-order valence-electron chi connectivity index (χ3n) is 3.28. The summed E-state index contributed by atoms with van der Waals surface area (Å²) in [6, 6.07) is 13.5. The van der Waals surface area contributed by atoms with Crippen molar-refractivity contribution in [2.24, 2.45) is 0 Å². The van der Waals surface area contributed by atoms with Crippen molar-refractivity contribution in [3.63, 3.8) is 0 Å². The second kappa shape index (κ2) is 6.06. The lowest BCUT2D eigenvalue weighted by Gasteiger charge is -2.10. The number of methoxy groups -OCH3 is 1. The Hall–Kier alpha value is -2.31. The van der Waals surface area contributed by atoms with Crippen LogP contribution in [0.2, 0.25) is 5.02 Å². The van der Waals surface area contributed by atoms with Gasteiger partial charge >= 0.3 is 0 Å². The number of pyridine rings is 1. The van der Waals surface area contributed by atoms with Gasteiger partial charge in [-0.2, -0.15) is 0 Å². The van der Waals surface area contributed by atoms with E-state index < -0.39 is 10.0 Å². The maximum absolute atomic E-state index is 12.5. The zero-order chi connectivity index (χ0) is 16.4. The molecule has 0 saturated heterocycles. The molecule has 0 atom stereocenters. The van der Waals surface area contributed by atoms with Crippen LogP contribution in [-0.4, -0.2) is 20.5 Å². The molecule has 0 aliphatic rings. The summed E-state index contributed by atoms with van der Waals surface area (Å²) in [5.41, 5.74) is 1.18. The van der Waals surface area contributed by atoms with Gasteiger partial charge in [0, 0.05) is 11.5 Å². The highest BCUT2D eigenvalue weighted by Crippen LogP contribution is 2.28. The van der Waals surface area contributed by atoms with Gasteiger partial charge < -0.3 is 4.74 Å². The molecule has 2 aromatic carbocycles. The zero-order valence-corrected chi connectivity index (χ0v) is 13.7. The Morgan fingerprint density at radius 2 is 1.91 bits per heavy atom. The Labute approximate surface area is 138 Å². The Morgan fingerprint density at radius 1 is 1.13 bits per heavy atom. The molecule has 1 aromatic heterocycles. The molecular weight excluding hydrogens is 336 g/mol. The van der Waals surface area contributed by atoms with E-state index in [1.54, 1.807) is 6.07 Å². The van der Waals surface area contributed by atoms with Gasteiger partial charge in [0.25, 0.3) is 10.0 Å². The van der Waals surface area contributed by atoms with Crippen LogP contribution in [0.5, 0.6) is 5.75 Å². The highest BCUT2D eigenvalue weighted by molar-refractivity contribution is 7.92. The molecule has 0 aliphatic carbocycles. The lowest BCUT2D eigenvalue weighted by Crippen LogP contribution is -2.13. The first-order valence-corrected chi connectivity index (χ1v) is 8.57. The fourth-order valence-corrected chi connectivity index (χ4v) is 3.39. The molecule has 0 amide bonds. The first kappa shape index (κ1) is 15.6. The number of nitrogens with one attached hydrogen (secondary N) is 1. The number of aromatic nitrogens is 1. The summed E-state index contributed by atoms with van der Waals surface area (Å²) in [5, 5.41) is 1.19. The molecule has 23 heavy (non-hydrogen) atoms. The molecule has 1 heterocycles. The summed E-state index contributed by atoms with van der Waals surface area (Å²) < 4.78 is 32.5. The van der Waals surface area contributed by atoms with Crippen LogP contribution < -0.4 is 9.46 Å². The average Bonchev–Trinajstić information content (AvgIpc) is 2.54. The van der Waals surface area contributed by atoms with Crippen LogP contribution in [-0.2, 0) is 10.0 Å². The second-order valence-electron chi connectivity index (χ2n) is 4.82. The topological polar surface area (TPSA) is 68.3 Å². The van der Waals surface area contributed by atoms with Crippen molar-refractivity contribution < 1.29 is 13.2 Å². The Kier molecular flexibility index (Phi) is 4.11. The van der Waals surface area contributed by atoms with Gasteiger partial charge in [-0.15, -0.1) is 0 Å². The molecule has 0 saturated carbocycles. The van der Waals surface area contributed by atoms with Crippen molar-refractivity contribution in [3.05, 3.63) is 59.8 Å². The summed E-state index contributed by atoms with van der Waals surface area (Å²) in [6.45, 7) is 0. The summed E-state index contributed by atoms with van der Waals surface area (Å²) in [7, 11) is -2.33. The van der Waals surface area contributed by atoms with Gasteiger partial charge in [-0.3, -0.25) is 9.71 Å². The molecule has 3 rings (SSSR count). The Morgan fingerprint density at radius 3 is 2.70 bits per heavy atom. The molecule has 0 unspecified atom stereocenters. The fourth-order valence-electron chi connectivity index (χ4n) is 2.15. The van der Waals surface area contributed by atoms with Crippen LogP contribution in [0.3, 0.4) is 0 Å². The summed E-state index contributed by atoms with van der Waals surface area (Å²) >= 11 is 5.92. The smallest absolute Gasteiger partial charge is 0.262 e. The van der Waals surface area contributed by atoms with E-state index in [0.717, 1.165) is 10.9 Å². The van der Waals surface area contributed by atoms with E-state index in [0.29, 0.717) is 16.5 Å². The number of anilines is 1. The minimum absolute atomic E-state index is 0.0620. The van der Waals surface area contributed by atoms with Crippen LogP contribution in [0.4, 0.5) is 5.69 Å². The number of nitrogens with zero attached hydrogens (tertiary/aromatic N) is 1. The molecular formula is C16H13ClN2O3S. The van der Waals surface area contributed by atoms with Crippen molar-refractivity contribution >= 4 is 38.2 Å². The number of hydrogen-bond acceptors (Lipinski definition) is 4. The molecule has 0 spiro atoms. The van der Waals surface area contributed by atoms with Gasteiger partial charge in [0.2, 0.25) is 0 Å². The van der Waals surface area contributed by atoms with Crippen molar-refractivity contribution in [2.45, 2.75) is 4.90 Å². The molecule has 0 aliphatic heterocycles. The number of para-hydroxylation sites is 1. The first-order valence-electron chi connectivity index (χ1n) is 6.71. The zero-order valence-electron chi connectivity index (χ0n) is 12.2. The standard InChI is InChI=1S/C16H13ClN2O3S/c1-22-16-9-13(6-7-14(16)17)23(20,21)19-12-8-11-4-2-3-5-15(11)18-10-12/h2-10,19H,1H3. The van der Waals surface area contributed by atoms with Crippen molar-refractivity contribution in [3.8, 4) is 5.75 Å². The average molecular weight is 349 g/mol. The van der Waals surface area contributed by atoms with E-state index in [1.165, 1.54) is 31.5 Å². The third kappa shape index (κ3) is 3.23. The lowest BCUT2D eigenvalue weighted by atomic mass is 10.2. The molecule has 0 radical (unpaired) electrons. The number of benzene rings is 2. The van der Waals surface area contributed by atoms with Crippen LogP contribution in [0, 0.1) is 0 Å². The number of ether oxygens (including phenoxy) is 1. The quantitative estimate of drug-likeness (QED) is 0.780. The number of rotatable bonds is 4. The van der Waals surface area contributed by atoms with Crippen LogP contribution in [0.1, 0.15) is 0 Å². The summed E-state index contributed by atoms with van der Waals surface area (Å²) in [5.74, 6) is 0.297. The van der Waals surface area contributed by atoms with E-state index in [1.807, 2.05) is 24.3 Å². The highest BCUT2D eigenvalue weighted by Gasteiger charge is 2.16. The molecule has 3 aromatic rings. The molecule has 0 bridgehead atoms. The number of sulfonamides is 1. The first-order chi connectivity index (χ1) is 11.0. The van der Waals surface area contributed by atoms with Gasteiger partial charge in [0.05, 0.1) is 34.4 Å². The maximum Gasteiger partial charge on any atom is 0.262 e. The summed E-state index contributed by atoms with van der Waals surface area (Å²) in [4.78, 5) is 4.30.